The van der Waals surface area contributed by atoms with E-state index < -0.39 is 49.1 Å². The van der Waals surface area contributed by atoms with E-state index in [9.17, 15) is 19.8 Å². The second-order valence-electron chi connectivity index (χ2n) is 6.64. The van der Waals surface area contributed by atoms with Gasteiger partial charge in [0.15, 0.2) is 6.10 Å². The Hall–Kier alpha value is -2.68. The van der Waals surface area contributed by atoms with Crippen molar-refractivity contribution in [3.8, 4) is 5.75 Å². The van der Waals surface area contributed by atoms with Crippen molar-refractivity contribution in [3.05, 3.63) is 42.5 Å². The Morgan fingerprint density at radius 3 is 2.50 bits per heavy atom. The lowest BCUT2D eigenvalue weighted by atomic mass is 9.96. The molecule has 0 bridgehead atoms. The van der Waals surface area contributed by atoms with Gasteiger partial charge in [0.1, 0.15) is 24.0 Å². The molecule has 3 N–H and O–H groups in total. The normalized spacial score (nSPS) is 27.2. The molecule has 0 unspecified atom stereocenters. The van der Waals surface area contributed by atoms with Gasteiger partial charge in [0.25, 0.3) is 0 Å². The van der Waals surface area contributed by atoms with Gasteiger partial charge in [0.2, 0.25) is 12.2 Å². The Bertz CT molecular complexity index is 855. The molecule has 28 heavy (non-hydrogen) atoms. The molecule has 1 aliphatic rings. The summed E-state index contributed by atoms with van der Waals surface area (Å²) in [4.78, 5) is 23.2. The van der Waals surface area contributed by atoms with Gasteiger partial charge in [0, 0.05) is 13.8 Å². The highest BCUT2D eigenvalue weighted by molar-refractivity contribution is 5.83. The second kappa shape index (κ2) is 8.55. The van der Waals surface area contributed by atoms with E-state index in [0.717, 1.165) is 10.8 Å². The van der Waals surface area contributed by atoms with E-state index in [0.29, 0.717) is 5.75 Å². The number of ether oxygens (including phenoxy) is 3. The molecule has 0 radical (unpaired) electrons. The monoisotopic (exact) mass is 389 g/mol. The number of nitrogens with one attached hydrogen (secondary N) is 1. The SMILES string of the molecule is CC(=O)N[C@@H]1[C@H](Oc2ccc3ccccc3c2)O[C@@H](CO)[C@@H](O)[C@@H]1OC(C)=O. The van der Waals surface area contributed by atoms with Crippen LogP contribution in [0.1, 0.15) is 13.8 Å². The maximum Gasteiger partial charge on any atom is 0.303 e. The zero-order valence-electron chi connectivity index (χ0n) is 15.6. The number of fused-ring (bicyclic) bond motifs is 1. The van der Waals surface area contributed by atoms with Crippen molar-refractivity contribution in [3.63, 3.8) is 0 Å². The first kappa shape index (κ1) is 20.1. The molecular weight excluding hydrogens is 366 g/mol. The van der Waals surface area contributed by atoms with Crippen LogP contribution in [0.2, 0.25) is 0 Å². The van der Waals surface area contributed by atoms with Crippen LogP contribution in [0.3, 0.4) is 0 Å². The number of amides is 1. The van der Waals surface area contributed by atoms with E-state index in [1.807, 2.05) is 36.4 Å². The number of hydrogen-bond donors (Lipinski definition) is 3. The molecule has 1 amide bonds. The number of esters is 1. The smallest absolute Gasteiger partial charge is 0.303 e. The summed E-state index contributed by atoms with van der Waals surface area (Å²) in [5.41, 5.74) is 0. The number of aliphatic hydroxyl groups excluding tert-OH is 2. The molecule has 8 heteroatoms. The summed E-state index contributed by atoms with van der Waals surface area (Å²) in [6.07, 6.45) is -4.60. The van der Waals surface area contributed by atoms with Crippen molar-refractivity contribution < 1.29 is 34.0 Å². The zero-order valence-corrected chi connectivity index (χ0v) is 15.6. The first-order valence-corrected chi connectivity index (χ1v) is 8.93. The highest BCUT2D eigenvalue weighted by Crippen LogP contribution is 2.28. The van der Waals surface area contributed by atoms with Gasteiger partial charge in [-0.25, -0.2) is 0 Å². The summed E-state index contributed by atoms with van der Waals surface area (Å²) < 4.78 is 16.8. The molecule has 1 aliphatic heterocycles. The third-order valence-electron chi connectivity index (χ3n) is 4.50. The predicted molar refractivity (Wildman–Crippen MR) is 99.5 cm³/mol. The molecule has 1 fully saturated rings. The Balaban J connectivity index is 1.91. The summed E-state index contributed by atoms with van der Waals surface area (Å²) in [6.45, 7) is 1.98. The number of carbonyl (C=O) groups is 2. The third-order valence-corrected chi connectivity index (χ3v) is 4.50. The molecule has 0 saturated carbocycles. The van der Waals surface area contributed by atoms with Crippen molar-refractivity contribution in [1.29, 1.82) is 0 Å². The van der Waals surface area contributed by atoms with Crippen LogP contribution in [-0.2, 0) is 19.1 Å². The van der Waals surface area contributed by atoms with Crippen molar-refractivity contribution in [1.82, 2.24) is 5.32 Å². The molecule has 0 aromatic heterocycles. The van der Waals surface area contributed by atoms with Gasteiger partial charge >= 0.3 is 5.97 Å². The van der Waals surface area contributed by atoms with Crippen LogP contribution in [0, 0.1) is 0 Å². The first-order valence-electron chi connectivity index (χ1n) is 8.93. The van der Waals surface area contributed by atoms with E-state index in [-0.39, 0.29) is 0 Å². The van der Waals surface area contributed by atoms with Gasteiger partial charge in [-0.15, -0.1) is 0 Å². The maximum atomic E-state index is 11.7. The lowest BCUT2D eigenvalue weighted by Gasteiger charge is -2.43. The lowest BCUT2D eigenvalue weighted by Crippen LogP contribution is -2.66. The Labute approximate surface area is 162 Å². The van der Waals surface area contributed by atoms with E-state index in [1.54, 1.807) is 6.07 Å². The Kier molecular flexibility index (Phi) is 6.13. The fourth-order valence-corrected chi connectivity index (χ4v) is 3.26. The third kappa shape index (κ3) is 4.41. The molecule has 0 spiro atoms. The molecule has 1 heterocycles. The highest BCUT2D eigenvalue weighted by atomic mass is 16.7. The minimum Gasteiger partial charge on any atom is -0.463 e. The van der Waals surface area contributed by atoms with Crippen LogP contribution >= 0.6 is 0 Å². The molecule has 8 nitrogen and oxygen atoms in total. The summed E-state index contributed by atoms with van der Waals surface area (Å²) in [5, 5.41) is 24.5. The van der Waals surface area contributed by atoms with Crippen molar-refractivity contribution in [2.45, 2.75) is 44.5 Å². The van der Waals surface area contributed by atoms with Gasteiger partial charge < -0.3 is 29.7 Å². The van der Waals surface area contributed by atoms with E-state index in [4.69, 9.17) is 14.2 Å². The standard InChI is InChI=1S/C20H23NO7/c1-11(23)21-17-19(26-12(2)24)18(25)16(10-22)28-20(17)27-15-8-7-13-5-3-4-6-14(13)9-15/h3-9,16-20,22,25H,10H2,1-2H3,(H,21,23)/t16-,17-,18+,19+,20+/m0/s1. The second-order valence-corrected chi connectivity index (χ2v) is 6.64. The van der Waals surface area contributed by atoms with Crippen LogP contribution in [0.4, 0.5) is 0 Å². The quantitative estimate of drug-likeness (QED) is 0.646. The average molecular weight is 389 g/mol. The zero-order chi connectivity index (χ0) is 20.3. The van der Waals surface area contributed by atoms with E-state index in [2.05, 4.69) is 5.32 Å². The molecule has 2 aromatic rings. The number of rotatable bonds is 5. The van der Waals surface area contributed by atoms with Crippen LogP contribution in [0.25, 0.3) is 10.8 Å². The van der Waals surface area contributed by atoms with Gasteiger partial charge in [-0.2, -0.15) is 0 Å². The number of hydrogen-bond acceptors (Lipinski definition) is 7. The Morgan fingerprint density at radius 1 is 1.14 bits per heavy atom. The lowest BCUT2D eigenvalue weighted by molar-refractivity contribution is -0.249. The fraction of sp³-hybridized carbons (Fsp3) is 0.400. The fourth-order valence-electron chi connectivity index (χ4n) is 3.26. The molecule has 0 aliphatic carbocycles. The first-order chi connectivity index (χ1) is 13.4. The molecule has 3 rings (SSSR count). The van der Waals surface area contributed by atoms with E-state index in [1.165, 1.54) is 13.8 Å². The average Bonchev–Trinajstić information content (AvgIpc) is 2.66. The van der Waals surface area contributed by atoms with Crippen LogP contribution in [0.15, 0.2) is 42.5 Å². The predicted octanol–water partition coefficient (Wildman–Crippen LogP) is 0.733. The van der Waals surface area contributed by atoms with Crippen LogP contribution in [-0.4, -0.2) is 59.3 Å². The molecule has 150 valence electrons. The summed E-state index contributed by atoms with van der Waals surface area (Å²) in [5.74, 6) is -0.580. The Morgan fingerprint density at radius 2 is 1.86 bits per heavy atom. The molecule has 1 saturated heterocycles. The van der Waals surface area contributed by atoms with Crippen molar-refractivity contribution in [2.75, 3.05) is 6.61 Å². The van der Waals surface area contributed by atoms with Crippen molar-refractivity contribution >= 4 is 22.6 Å². The van der Waals surface area contributed by atoms with Crippen molar-refractivity contribution in [2.24, 2.45) is 0 Å². The van der Waals surface area contributed by atoms with Crippen LogP contribution < -0.4 is 10.1 Å². The molecule has 5 atom stereocenters. The number of benzene rings is 2. The van der Waals surface area contributed by atoms with Gasteiger partial charge in [-0.3, -0.25) is 9.59 Å². The van der Waals surface area contributed by atoms with Gasteiger partial charge in [0.05, 0.1) is 6.61 Å². The van der Waals surface area contributed by atoms with E-state index >= 15 is 0 Å². The topological polar surface area (TPSA) is 114 Å². The number of carbonyl (C=O) groups excluding carboxylic acids is 2. The minimum absolute atomic E-state index is 0.410. The van der Waals surface area contributed by atoms with Crippen LogP contribution in [0.5, 0.6) is 5.75 Å². The summed E-state index contributed by atoms with van der Waals surface area (Å²) >= 11 is 0. The summed E-state index contributed by atoms with van der Waals surface area (Å²) in [7, 11) is 0. The molecule has 2 aromatic carbocycles. The highest BCUT2D eigenvalue weighted by Gasteiger charge is 2.48. The van der Waals surface area contributed by atoms with Gasteiger partial charge in [-0.05, 0) is 22.9 Å². The molecular formula is C20H23NO7. The number of aliphatic hydroxyl groups is 2. The van der Waals surface area contributed by atoms with Gasteiger partial charge in [-0.1, -0.05) is 30.3 Å². The minimum atomic E-state index is -1.33. The largest absolute Gasteiger partial charge is 0.463 e. The summed E-state index contributed by atoms with van der Waals surface area (Å²) in [6, 6.07) is 12.2. The maximum absolute atomic E-state index is 11.7.